The molecule has 2 aliphatic rings. The molecule has 0 saturated carbocycles. The smallest absolute Gasteiger partial charge is 0.352 e. The van der Waals surface area contributed by atoms with Crippen molar-refractivity contribution < 1.29 is 37.4 Å². The Kier molecular flexibility index (Phi) is 7.12. The Morgan fingerprint density at radius 1 is 1.55 bits per heavy atom. The first-order chi connectivity index (χ1) is 14.6. The zero-order valence-corrected chi connectivity index (χ0v) is 18.2. The zero-order chi connectivity index (χ0) is 22.8. The summed E-state index contributed by atoms with van der Waals surface area (Å²) in [5.74, 6) is -3.50. The summed E-state index contributed by atoms with van der Waals surface area (Å²) in [6, 6.07) is 0. The van der Waals surface area contributed by atoms with Crippen molar-refractivity contribution in [2.24, 2.45) is 0 Å². The molecule has 0 spiro atoms. The number of carboxylic acids is 1. The van der Waals surface area contributed by atoms with Crippen molar-refractivity contribution in [3.8, 4) is 0 Å². The first kappa shape index (κ1) is 23.7. The number of halogens is 3. The van der Waals surface area contributed by atoms with Gasteiger partial charge in [0.05, 0.1) is 11.9 Å². The zero-order valence-electron chi connectivity index (χ0n) is 15.8. The number of carbonyl (C=O) groups is 3. The van der Waals surface area contributed by atoms with Crippen molar-refractivity contribution in [3.05, 3.63) is 17.5 Å². The van der Waals surface area contributed by atoms with E-state index in [0.717, 1.165) is 23.8 Å². The number of methoxy groups -OCH3 is 1. The van der Waals surface area contributed by atoms with Gasteiger partial charge >= 0.3 is 11.2 Å². The molecular formula is C15H16F3N5O5S3. The highest BCUT2D eigenvalue weighted by Crippen LogP contribution is 2.47. The summed E-state index contributed by atoms with van der Waals surface area (Å²) in [5, 5.41) is 17.7. The van der Waals surface area contributed by atoms with Crippen LogP contribution in [0.3, 0.4) is 0 Å². The molecule has 2 atom stereocenters. The van der Waals surface area contributed by atoms with Gasteiger partial charge in [0.25, 0.3) is 11.6 Å². The monoisotopic (exact) mass is 499 g/mol. The van der Waals surface area contributed by atoms with E-state index in [0.29, 0.717) is 10.6 Å². The molecule has 1 aromatic heterocycles. The molecule has 10 nitrogen and oxygen atoms in total. The average Bonchev–Trinajstić information content (AvgIpc) is 3.27. The number of β-lactam (4-membered cyclic amide) rings is 1. The number of hydrogen-bond donors (Lipinski definition) is 3. The number of nitrogens with zero attached hydrogens (tertiary/aromatic N) is 3. The summed E-state index contributed by atoms with van der Waals surface area (Å²) < 4.78 is 43.5. The Labute approximate surface area is 186 Å². The molecule has 0 bridgehead atoms. The number of alkyl halides is 3. The van der Waals surface area contributed by atoms with Gasteiger partial charge in [0.1, 0.15) is 16.1 Å². The Balaban J connectivity index is 1.75. The molecule has 16 heteroatoms. The third-order valence-electron chi connectivity index (χ3n) is 4.32. The minimum absolute atomic E-state index is 0.213. The maximum Gasteiger partial charge on any atom is 0.352 e. The van der Waals surface area contributed by atoms with Crippen molar-refractivity contribution in [3.63, 3.8) is 0 Å². The number of ether oxygens (including phenoxy) is 1. The van der Waals surface area contributed by atoms with Gasteiger partial charge < -0.3 is 15.2 Å². The molecule has 2 aliphatic heterocycles. The number of H-pyrrole nitrogens is 1. The van der Waals surface area contributed by atoms with E-state index in [1.54, 1.807) is 0 Å². The highest BCUT2D eigenvalue weighted by molar-refractivity contribution is 8.01. The predicted octanol–water partition coefficient (Wildman–Crippen LogP) is 0.905. The summed E-state index contributed by atoms with van der Waals surface area (Å²) in [6.45, 7) is -1.94. The van der Waals surface area contributed by atoms with Crippen molar-refractivity contribution in [2.75, 3.05) is 31.0 Å². The first-order valence-electron chi connectivity index (χ1n) is 8.49. The summed E-state index contributed by atoms with van der Waals surface area (Å²) in [7, 11) is 1.14. The van der Waals surface area contributed by atoms with Crippen LogP contribution < -0.4 is 5.32 Å². The standard InChI is InChI=1S/C15H16F3N5O5S3/c1-28-15(20-8(24)5-31-14(17,18)6-16)12(27)23-10(11(25)26)7(4-30-13(15)23)3-29-9-2-19-22-21-9/h2,13H,3-6H2,1H3,(H,20,24)(H,25,26)(H,19,21,22)/t13-,15-/m0/s1. The lowest BCUT2D eigenvalue weighted by molar-refractivity contribution is -0.192. The van der Waals surface area contributed by atoms with Crippen molar-refractivity contribution in [1.29, 1.82) is 0 Å². The number of amides is 2. The van der Waals surface area contributed by atoms with Gasteiger partial charge in [-0.1, -0.05) is 28.7 Å². The lowest BCUT2D eigenvalue weighted by Crippen LogP contribution is -2.80. The number of rotatable bonds is 10. The number of thioether (sulfide) groups is 3. The molecule has 0 unspecified atom stereocenters. The summed E-state index contributed by atoms with van der Waals surface area (Å²) in [5.41, 5.74) is -1.67. The molecule has 0 aromatic carbocycles. The average molecular weight is 500 g/mol. The third kappa shape index (κ3) is 4.65. The van der Waals surface area contributed by atoms with Gasteiger partial charge in [-0.3, -0.25) is 19.6 Å². The molecule has 0 radical (unpaired) electrons. The Hall–Kier alpha value is -1.91. The number of carboxylic acid groups (broad SMARTS) is 1. The van der Waals surface area contributed by atoms with Crippen molar-refractivity contribution in [1.82, 2.24) is 25.6 Å². The van der Waals surface area contributed by atoms with Crippen molar-refractivity contribution in [2.45, 2.75) is 21.4 Å². The van der Waals surface area contributed by atoms with Gasteiger partial charge in [-0.25, -0.2) is 9.18 Å². The van der Waals surface area contributed by atoms with Gasteiger partial charge in [0.15, 0.2) is 6.67 Å². The maximum atomic E-state index is 13.0. The number of aromatic nitrogens is 3. The fourth-order valence-electron chi connectivity index (χ4n) is 2.93. The second kappa shape index (κ2) is 9.30. The van der Waals surface area contributed by atoms with Gasteiger partial charge in [-0.05, 0) is 5.57 Å². The molecule has 1 aromatic rings. The van der Waals surface area contributed by atoms with Crippen LogP contribution in [0.4, 0.5) is 13.2 Å². The van der Waals surface area contributed by atoms with E-state index >= 15 is 0 Å². The number of nitrogens with one attached hydrogen (secondary N) is 2. The topological polar surface area (TPSA) is 138 Å². The molecule has 0 aliphatic carbocycles. The summed E-state index contributed by atoms with van der Waals surface area (Å²) in [4.78, 5) is 37.8. The molecule has 3 heterocycles. The second-order valence-corrected chi connectivity index (χ2v) is 9.48. The van der Waals surface area contributed by atoms with E-state index < -0.39 is 46.6 Å². The van der Waals surface area contributed by atoms with Crippen LogP contribution in [0.25, 0.3) is 0 Å². The van der Waals surface area contributed by atoms with Crippen LogP contribution in [0.2, 0.25) is 0 Å². The van der Waals surface area contributed by atoms with Gasteiger partial charge in [0, 0.05) is 18.6 Å². The third-order valence-corrected chi connectivity index (χ3v) is 7.62. The maximum absolute atomic E-state index is 13.0. The van der Waals surface area contributed by atoms with E-state index in [1.165, 1.54) is 18.0 Å². The molecule has 31 heavy (non-hydrogen) atoms. The Bertz CT molecular complexity index is 903. The number of fused-ring (bicyclic) bond motifs is 1. The van der Waals surface area contributed by atoms with Crippen LogP contribution in [0, 0.1) is 0 Å². The number of carbonyl (C=O) groups excluding carboxylic acids is 2. The highest BCUT2D eigenvalue weighted by Gasteiger charge is 2.66. The number of aromatic amines is 1. The molecular weight excluding hydrogens is 483 g/mol. The van der Waals surface area contributed by atoms with Crippen LogP contribution in [0.15, 0.2) is 22.5 Å². The van der Waals surface area contributed by atoms with Crippen LogP contribution in [-0.2, 0) is 19.1 Å². The van der Waals surface area contributed by atoms with Crippen molar-refractivity contribution >= 4 is 53.1 Å². The summed E-state index contributed by atoms with van der Waals surface area (Å²) in [6.07, 6.45) is 1.54. The SMILES string of the molecule is CO[C@@]1(NC(=O)CSC(F)(F)CF)C(=O)N2C(C(=O)O)=C(CSc3c[nH]nn3)CS[C@H]21. The van der Waals surface area contributed by atoms with E-state index in [-0.39, 0.29) is 29.0 Å². The van der Waals surface area contributed by atoms with E-state index in [9.17, 15) is 32.7 Å². The molecule has 1 fully saturated rings. The van der Waals surface area contributed by atoms with Gasteiger partial charge in [-0.15, -0.1) is 16.9 Å². The lowest BCUT2D eigenvalue weighted by Gasteiger charge is -2.55. The molecule has 3 N–H and O–H groups in total. The molecule has 170 valence electrons. The molecule has 1 saturated heterocycles. The predicted molar refractivity (Wildman–Crippen MR) is 106 cm³/mol. The second-order valence-electron chi connectivity index (χ2n) is 6.24. The lowest BCUT2D eigenvalue weighted by atomic mass is 9.98. The largest absolute Gasteiger partial charge is 0.477 e. The van der Waals surface area contributed by atoms with Crippen LogP contribution >= 0.6 is 35.3 Å². The fourth-order valence-corrected chi connectivity index (χ4v) is 5.78. The summed E-state index contributed by atoms with van der Waals surface area (Å²) >= 11 is 2.17. The number of hydrogen-bond acceptors (Lipinski definition) is 9. The van der Waals surface area contributed by atoms with E-state index in [2.05, 4.69) is 20.7 Å². The van der Waals surface area contributed by atoms with Crippen LogP contribution in [-0.4, -0.2) is 90.6 Å². The van der Waals surface area contributed by atoms with Crippen LogP contribution in [0.1, 0.15) is 0 Å². The quantitative estimate of drug-likeness (QED) is 0.242. The van der Waals surface area contributed by atoms with E-state index in [4.69, 9.17) is 4.74 Å². The van der Waals surface area contributed by atoms with Gasteiger partial charge in [-0.2, -0.15) is 8.78 Å². The molecule has 2 amide bonds. The van der Waals surface area contributed by atoms with E-state index in [1.807, 2.05) is 0 Å². The highest BCUT2D eigenvalue weighted by atomic mass is 32.2. The first-order valence-corrected chi connectivity index (χ1v) is 11.5. The molecule has 3 rings (SSSR count). The normalized spacial score (nSPS) is 23.4. The minimum atomic E-state index is -3.73. The fraction of sp³-hybridized carbons (Fsp3) is 0.533. The number of aliphatic carboxylic acids is 1. The van der Waals surface area contributed by atoms with Crippen LogP contribution in [0.5, 0.6) is 0 Å². The minimum Gasteiger partial charge on any atom is -0.477 e. The Morgan fingerprint density at radius 2 is 2.29 bits per heavy atom. The van der Waals surface area contributed by atoms with Gasteiger partial charge in [0.2, 0.25) is 5.91 Å². The Morgan fingerprint density at radius 3 is 2.87 bits per heavy atom.